The summed E-state index contributed by atoms with van der Waals surface area (Å²) in [6.07, 6.45) is 2.58. The Bertz CT molecular complexity index is 882. The van der Waals surface area contributed by atoms with Crippen LogP contribution in [0, 0.1) is 0 Å². The van der Waals surface area contributed by atoms with Crippen LogP contribution in [0.25, 0.3) is 16.9 Å². The molecular formula is C19H22N4O2. The number of amides is 1. The van der Waals surface area contributed by atoms with E-state index in [1.54, 1.807) is 17.6 Å². The van der Waals surface area contributed by atoms with Gasteiger partial charge in [-0.1, -0.05) is 38.1 Å². The van der Waals surface area contributed by atoms with E-state index in [-0.39, 0.29) is 12.5 Å². The number of fused-ring (bicyclic) bond motifs is 1. The molecule has 0 aliphatic rings. The number of benzene rings is 1. The number of rotatable bonds is 5. The molecule has 0 saturated carbocycles. The zero-order chi connectivity index (χ0) is 18.0. The summed E-state index contributed by atoms with van der Waals surface area (Å²) in [4.78, 5) is 16.6. The standard InChI is InChI=1S/C19H22N4O2/c1-12(2)14-4-6-15(7-5-14)17-8-9-20-18-16(11-22-23(17)18)19(25)21-10-13(3)24/h4-9,11-13,24H,10H2,1-3H3,(H,21,25)/t13-/m1/s1. The quantitative estimate of drug-likeness (QED) is 0.749. The summed E-state index contributed by atoms with van der Waals surface area (Å²) in [5.74, 6) is 0.177. The number of nitrogens with one attached hydrogen (secondary N) is 1. The molecule has 1 aromatic carbocycles. The van der Waals surface area contributed by atoms with Crippen molar-refractivity contribution in [3.8, 4) is 11.3 Å². The lowest BCUT2D eigenvalue weighted by Gasteiger charge is -2.09. The molecular weight excluding hydrogens is 316 g/mol. The maximum Gasteiger partial charge on any atom is 0.256 e. The maximum atomic E-state index is 12.3. The highest BCUT2D eigenvalue weighted by molar-refractivity contribution is 5.99. The van der Waals surface area contributed by atoms with E-state index >= 15 is 0 Å². The van der Waals surface area contributed by atoms with Gasteiger partial charge in [0.25, 0.3) is 5.91 Å². The third-order valence-electron chi connectivity index (χ3n) is 4.08. The third kappa shape index (κ3) is 3.53. The summed E-state index contributed by atoms with van der Waals surface area (Å²) < 4.78 is 1.67. The van der Waals surface area contributed by atoms with Crippen LogP contribution in [0.2, 0.25) is 0 Å². The van der Waals surface area contributed by atoms with Gasteiger partial charge in [-0.3, -0.25) is 4.79 Å². The van der Waals surface area contributed by atoms with Crippen LogP contribution >= 0.6 is 0 Å². The summed E-state index contributed by atoms with van der Waals surface area (Å²) >= 11 is 0. The average Bonchev–Trinajstić information content (AvgIpc) is 3.04. The number of aliphatic hydroxyl groups excluding tert-OH is 1. The molecule has 2 N–H and O–H groups in total. The second kappa shape index (κ2) is 7.03. The Balaban J connectivity index is 1.97. The van der Waals surface area contributed by atoms with Crippen LogP contribution in [-0.4, -0.2) is 38.3 Å². The van der Waals surface area contributed by atoms with Crippen molar-refractivity contribution in [2.45, 2.75) is 32.8 Å². The van der Waals surface area contributed by atoms with Gasteiger partial charge in [0, 0.05) is 18.3 Å². The first kappa shape index (κ1) is 17.1. The van der Waals surface area contributed by atoms with E-state index in [0.29, 0.717) is 17.1 Å². The third-order valence-corrected chi connectivity index (χ3v) is 4.08. The van der Waals surface area contributed by atoms with Gasteiger partial charge in [0.05, 0.1) is 18.0 Å². The van der Waals surface area contributed by atoms with E-state index in [1.807, 2.05) is 6.07 Å². The summed E-state index contributed by atoms with van der Waals surface area (Å²) in [5.41, 5.74) is 4.04. The first-order valence-corrected chi connectivity index (χ1v) is 8.36. The van der Waals surface area contributed by atoms with Crippen molar-refractivity contribution in [1.29, 1.82) is 0 Å². The Hall–Kier alpha value is -2.73. The highest BCUT2D eigenvalue weighted by atomic mass is 16.3. The lowest BCUT2D eigenvalue weighted by atomic mass is 10.0. The summed E-state index contributed by atoms with van der Waals surface area (Å²) in [7, 11) is 0. The minimum Gasteiger partial charge on any atom is -0.392 e. The lowest BCUT2D eigenvalue weighted by Crippen LogP contribution is -2.30. The van der Waals surface area contributed by atoms with Gasteiger partial charge in [-0.2, -0.15) is 5.10 Å². The Morgan fingerprint density at radius 3 is 2.56 bits per heavy atom. The van der Waals surface area contributed by atoms with Crippen LogP contribution in [-0.2, 0) is 0 Å². The Labute approximate surface area is 146 Å². The van der Waals surface area contributed by atoms with Gasteiger partial charge in [-0.05, 0) is 24.5 Å². The highest BCUT2D eigenvalue weighted by Gasteiger charge is 2.16. The van der Waals surface area contributed by atoms with Crippen LogP contribution in [0.5, 0.6) is 0 Å². The molecule has 0 saturated heterocycles. The lowest BCUT2D eigenvalue weighted by molar-refractivity contribution is 0.0925. The van der Waals surface area contributed by atoms with E-state index in [4.69, 9.17) is 0 Å². The molecule has 6 nitrogen and oxygen atoms in total. The molecule has 0 aliphatic carbocycles. The van der Waals surface area contributed by atoms with E-state index in [1.165, 1.54) is 11.8 Å². The van der Waals surface area contributed by atoms with Crippen molar-refractivity contribution in [3.05, 3.63) is 53.9 Å². The Morgan fingerprint density at radius 2 is 1.92 bits per heavy atom. The molecule has 0 aliphatic heterocycles. The number of hydrogen-bond acceptors (Lipinski definition) is 4. The molecule has 25 heavy (non-hydrogen) atoms. The molecule has 3 aromatic rings. The molecule has 1 atom stereocenters. The number of hydrogen-bond donors (Lipinski definition) is 2. The number of carbonyl (C=O) groups is 1. The van der Waals surface area contributed by atoms with Crippen LogP contribution < -0.4 is 5.32 Å². The van der Waals surface area contributed by atoms with E-state index in [2.05, 4.69) is 53.5 Å². The van der Waals surface area contributed by atoms with Crippen LogP contribution in [0.1, 0.15) is 42.6 Å². The molecule has 0 bridgehead atoms. The monoisotopic (exact) mass is 338 g/mol. The van der Waals surface area contributed by atoms with E-state index in [9.17, 15) is 9.90 Å². The van der Waals surface area contributed by atoms with Crippen LogP contribution in [0.15, 0.2) is 42.7 Å². The topological polar surface area (TPSA) is 79.5 Å². The van der Waals surface area contributed by atoms with Gasteiger partial charge in [0.15, 0.2) is 5.65 Å². The fraction of sp³-hybridized carbons (Fsp3) is 0.316. The summed E-state index contributed by atoms with van der Waals surface area (Å²) in [6, 6.07) is 10.2. The fourth-order valence-corrected chi connectivity index (χ4v) is 2.64. The van der Waals surface area contributed by atoms with Crippen LogP contribution in [0.4, 0.5) is 0 Å². The van der Waals surface area contributed by atoms with Gasteiger partial charge < -0.3 is 10.4 Å². The highest BCUT2D eigenvalue weighted by Crippen LogP contribution is 2.23. The maximum absolute atomic E-state index is 12.3. The molecule has 0 unspecified atom stereocenters. The van der Waals surface area contributed by atoms with Crippen LogP contribution in [0.3, 0.4) is 0 Å². The number of aliphatic hydroxyl groups is 1. The van der Waals surface area contributed by atoms with Crippen molar-refractivity contribution >= 4 is 11.6 Å². The van der Waals surface area contributed by atoms with Crippen molar-refractivity contribution in [2.75, 3.05) is 6.54 Å². The molecule has 6 heteroatoms. The second-order valence-corrected chi connectivity index (χ2v) is 6.46. The summed E-state index contributed by atoms with van der Waals surface area (Å²) in [6.45, 7) is 6.12. The molecule has 0 fully saturated rings. The average molecular weight is 338 g/mol. The summed E-state index contributed by atoms with van der Waals surface area (Å²) in [5, 5.41) is 16.3. The molecule has 130 valence electrons. The van der Waals surface area contributed by atoms with Gasteiger partial charge in [0.2, 0.25) is 0 Å². The smallest absolute Gasteiger partial charge is 0.256 e. The van der Waals surface area contributed by atoms with Crippen molar-refractivity contribution in [1.82, 2.24) is 19.9 Å². The normalized spacial score (nSPS) is 12.5. The van der Waals surface area contributed by atoms with Gasteiger partial charge in [0.1, 0.15) is 5.56 Å². The van der Waals surface area contributed by atoms with Crippen molar-refractivity contribution in [3.63, 3.8) is 0 Å². The molecule has 2 heterocycles. The van der Waals surface area contributed by atoms with E-state index in [0.717, 1.165) is 11.3 Å². The Morgan fingerprint density at radius 1 is 1.20 bits per heavy atom. The predicted molar refractivity (Wildman–Crippen MR) is 96.5 cm³/mol. The minimum absolute atomic E-state index is 0.187. The number of carbonyl (C=O) groups excluding carboxylic acids is 1. The minimum atomic E-state index is -0.603. The van der Waals surface area contributed by atoms with Gasteiger partial charge in [-0.15, -0.1) is 0 Å². The number of nitrogens with zero attached hydrogens (tertiary/aromatic N) is 3. The first-order chi connectivity index (χ1) is 12.0. The zero-order valence-electron chi connectivity index (χ0n) is 14.6. The molecule has 1 amide bonds. The molecule has 0 radical (unpaired) electrons. The Kier molecular flexibility index (Phi) is 4.81. The molecule has 3 rings (SSSR count). The number of aromatic nitrogens is 3. The second-order valence-electron chi connectivity index (χ2n) is 6.46. The van der Waals surface area contributed by atoms with Crippen molar-refractivity contribution in [2.24, 2.45) is 0 Å². The molecule has 0 spiro atoms. The van der Waals surface area contributed by atoms with Crippen molar-refractivity contribution < 1.29 is 9.90 Å². The van der Waals surface area contributed by atoms with Gasteiger partial charge >= 0.3 is 0 Å². The predicted octanol–water partition coefficient (Wildman–Crippen LogP) is 2.63. The largest absolute Gasteiger partial charge is 0.392 e. The van der Waals surface area contributed by atoms with Gasteiger partial charge in [-0.25, -0.2) is 9.50 Å². The van der Waals surface area contributed by atoms with E-state index < -0.39 is 6.10 Å². The molecule has 2 aromatic heterocycles. The fourth-order valence-electron chi connectivity index (χ4n) is 2.64. The SMILES string of the molecule is CC(C)c1ccc(-c2ccnc3c(C(=O)NC[C@@H](C)O)cnn23)cc1. The first-order valence-electron chi connectivity index (χ1n) is 8.36. The zero-order valence-corrected chi connectivity index (χ0v) is 14.6.